The number of benzene rings is 2. The lowest BCUT2D eigenvalue weighted by molar-refractivity contribution is 0.102. The fraction of sp³-hybridized carbons (Fsp3) is 0. The van der Waals surface area contributed by atoms with E-state index in [0.717, 1.165) is 0 Å². The summed E-state index contributed by atoms with van der Waals surface area (Å²) in [5.41, 5.74) is 0.0443. The minimum atomic E-state index is -0.556. The number of carbonyl (C=O) groups excluding carboxylic acids is 1. The number of hydrogen-bond acceptors (Lipinski definition) is 2. The van der Waals surface area contributed by atoms with Gasteiger partial charge in [0.25, 0.3) is 5.91 Å². The number of anilines is 1. The van der Waals surface area contributed by atoms with E-state index in [0.29, 0.717) is 10.2 Å². The standard InChI is InChI=1S/C16H10BrFN2O2/c17-11-5-1-2-7-13(11)20-16(22)10-8-19-14-9(15(10)21)4-3-6-12(14)18/h1-8H,(H,19,21)(H,20,22). The van der Waals surface area contributed by atoms with Gasteiger partial charge in [-0.15, -0.1) is 0 Å². The summed E-state index contributed by atoms with van der Waals surface area (Å²) in [7, 11) is 0. The highest BCUT2D eigenvalue weighted by Crippen LogP contribution is 2.21. The van der Waals surface area contributed by atoms with Crippen molar-refractivity contribution in [1.82, 2.24) is 4.98 Å². The Morgan fingerprint density at radius 2 is 1.91 bits per heavy atom. The van der Waals surface area contributed by atoms with Crippen LogP contribution in [0.5, 0.6) is 0 Å². The van der Waals surface area contributed by atoms with Crippen LogP contribution in [0, 0.1) is 5.82 Å². The summed E-state index contributed by atoms with van der Waals surface area (Å²) in [6.07, 6.45) is 1.22. The van der Waals surface area contributed by atoms with Crippen LogP contribution >= 0.6 is 15.9 Å². The van der Waals surface area contributed by atoms with E-state index in [2.05, 4.69) is 26.2 Å². The Bertz CT molecular complexity index is 937. The summed E-state index contributed by atoms with van der Waals surface area (Å²) >= 11 is 3.31. The second-order valence-corrected chi connectivity index (χ2v) is 5.48. The number of pyridine rings is 1. The van der Waals surface area contributed by atoms with Crippen LogP contribution in [0.3, 0.4) is 0 Å². The maximum absolute atomic E-state index is 13.6. The van der Waals surface area contributed by atoms with E-state index in [1.165, 1.54) is 24.4 Å². The van der Waals surface area contributed by atoms with Gasteiger partial charge >= 0.3 is 0 Å². The number of rotatable bonds is 2. The quantitative estimate of drug-likeness (QED) is 0.732. The second-order valence-electron chi connectivity index (χ2n) is 4.63. The zero-order valence-corrected chi connectivity index (χ0v) is 12.8. The monoisotopic (exact) mass is 360 g/mol. The molecule has 0 saturated carbocycles. The van der Waals surface area contributed by atoms with E-state index in [1.807, 2.05) is 6.07 Å². The first-order valence-corrected chi connectivity index (χ1v) is 7.23. The molecule has 0 atom stereocenters. The smallest absolute Gasteiger partial charge is 0.261 e. The molecule has 3 rings (SSSR count). The van der Waals surface area contributed by atoms with Crippen LogP contribution < -0.4 is 10.7 Å². The summed E-state index contributed by atoms with van der Waals surface area (Å²) in [5.74, 6) is -1.09. The van der Waals surface area contributed by atoms with Gasteiger partial charge in [0, 0.05) is 16.1 Å². The molecule has 0 saturated heterocycles. The second kappa shape index (κ2) is 5.73. The molecular formula is C16H10BrFN2O2. The van der Waals surface area contributed by atoms with Crippen LogP contribution in [-0.2, 0) is 0 Å². The lowest BCUT2D eigenvalue weighted by Gasteiger charge is -2.07. The summed E-state index contributed by atoms with van der Waals surface area (Å²) in [4.78, 5) is 27.3. The van der Waals surface area contributed by atoms with Crippen molar-refractivity contribution in [3.63, 3.8) is 0 Å². The molecule has 0 aliphatic carbocycles. The highest BCUT2D eigenvalue weighted by molar-refractivity contribution is 9.10. The van der Waals surface area contributed by atoms with E-state index in [-0.39, 0.29) is 16.5 Å². The maximum atomic E-state index is 13.6. The Kier molecular flexibility index (Phi) is 3.77. The molecule has 0 radical (unpaired) electrons. The molecule has 1 heterocycles. The minimum absolute atomic E-state index is 0.0751. The normalized spacial score (nSPS) is 10.6. The van der Waals surface area contributed by atoms with Crippen molar-refractivity contribution >= 4 is 38.4 Å². The van der Waals surface area contributed by atoms with Gasteiger partial charge in [0.1, 0.15) is 11.4 Å². The van der Waals surface area contributed by atoms with Gasteiger partial charge in [0.15, 0.2) is 0 Å². The number of H-pyrrole nitrogens is 1. The SMILES string of the molecule is O=C(Nc1ccccc1Br)c1c[nH]c2c(F)cccc2c1=O. The Morgan fingerprint density at radius 3 is 2.68 bits per heavy atom. The van der Waals surface area contributed by atoms with Crippen molar-refractivity contribution in [2.24, 2.45) is 0 Å². The molecule has 0 fully saturated rings. The maximum Gasteiger partial charge on any atom is 0.261 e. The van der Waals surface area contributed by atoms with Gasteiger partial charge in [-0.1, -0.05) is 18.2 Å². The van der Waals surface area contributed by atoms with Crippen LogP contribution in [0.2, 0.25) is 0 Å². The van der Waals surface area contributed by atoms with Crippen LogP contribution in [0.1, 0.15) is 10.4 Å². The fourth-order valence-corrected chi connectivity index (χ4v) is 2.52. The molecule has 2 aromatic carbocycles. The number of para-hydroxylation sites is 2. The van der Waals surface area contributed by atoms with Gasteiger partial charge in [-0.05, 0) is 40.2 Å². The Morgan fingerprint density at radius 1 is 1.14 bits per heavy atom. The number of halogens is 2. The highest BCUT2D eigenvalue weighted by atomic mass is 79.9. The molecule has 0 aliphatic heterocycles. The number of hydrogen-bond donors (Lipinski definition) is 2. The van der Waals surface area contributed by atoms with Gasteiger partial charge in [0.2, 0.25) is 5.43 Å². The zero-order chi connectivity index (χ0) is 15.7. The first-order chi connectivity index (χ1) is 10.6. The lowest BCUT2D eigenvalue weighted by Crippen LogP contribution is -2.22. The first kappa shape index (κ1) is 14.5. The Hall–Kier alpha value is -2.47. The average molecular weight is 361 g/mol. The first-order valence-electron chi connectivity index (χ1n) is 6.43. The molecule has 0 unspecified atom stereocenters. The van der Waals surface area contributed by atoms with Crippen molar-refractivity contribution < 1.29 is 9.18 Å². The number of nitrogens with one attached hydrogen (secondary N) is 2. The average Bonchev–Trinajstić information content (AvgIpc) is 2.51. The predicted octanol–water partition coefficient (Wildman–Crippen LogP) is 3.68. The van der Waals surface area contributed by atoms with E-state index >= 15 is 0 Å². The van der Waals surface area contributed by atoms with Gasteiger partial charge < -0.3 is 10.3 Å². The van der Waals surface area contributed by atoms with E-state index < -0.39 is 17.2 Å². The lowest BCUT2D eigenvalue weighted by atomic mass is 10.1. The fourth-order valence-electron chi connectivity index (χ4n) is 2.14. The molecule has 110 valence electrons. The third kappa shape index (κ3) is 2.53. The minimum Gasteiger partial charge on any atom is -0.358 e. The van der Waals surface area contributed by atoms with Crippen LogP contribution in [-0.4, -0.2) is 10.9 Å². The highest BCUT2D eigenvalue weighted by Gasteiger charge is 2.15. The zero-order valence-electron chi connectivity index (χ0n) is 11.2. The molecule has 4 nitrogen and oxygen atoms in total. The molecule has 6 heteroatoms. The molecule has 1 aromatic heterocycles. The third-order valence-corrected chi connectivity index (χ3v) is 3.92. The topological polar surface area (TPSA) is 62.0 Å². The van der Waals surface area contributed by atoms with Gasteiger partial charge in [-0.3, -0.25) is 9.59 Å². The van der Waals surface area contributed by atoms with Crippen molar-refractivity contribution in [1.29, 1.82) is 0 Å². The molecule has 22 heavy (non-hydrogen) atoms. The van der Waals surface area contributed by atoms with Crippen molar-refractivity contribution in [2.45, 2.75) is 0 Å². The number of carbonyl (C=O) groups is 1. The van der Waals surface area contributed by atoms with Gasteiger partial charge in [-0.2, -0.15) is 0 Å². The summed E-state index contributed by atoms with van der Waals surface area (Å²) < 4.78 is 14.3. The van der Waals surface area contributed by atoms with Gasteiger partial charge in [0.05, 0.1) is 11.2 Å². The Balaban J connectivity index is 2.04. The number of aromatic amines is 1. The predicted molar refractivity (Wildman–Crippen MR) is 86.6 cm³/mol. The molecule has 2 N–H and O–H groups in total. The summed E-state index contributed by atoms with van der Waals surface area (Å²) in [5, 5.41) is 2.79. The molecule has 1 amide bonds. The van der Waals surface area contributed by atoms with Gasteiger partial charge in [-0.25, -0.2) is 4.39 Å². The molecule has 0 bridgehead atoms. The van der Waals surface area contributed by atoms with Crippen molar-refractivity contribution in [2.75, 3.05) is 5.32 Å². The van der Waals surface area contributed by atoms with Crippen molar-refractivity contribution in [3.05, 3.63) is 74.7 Å². The molecule has 0 spiro atoms. The summed E-state index contributed by atoms with van der Waals surface area (Å²) in [6, 6.07) is 11.2. The van der Waals surface area contributed by atoms with E-state index in [9.17, 15) is 14.0 Å². The number of amides is 1. The van der Waals surface area contributed by atoms with E-state index in [4.69, 9.17) is 0 Å². The third-order valence-electron chi connectivity index (χ3n) is 3.23. The van der Waals surface area contributed by atoms with Crippen LogP contribution in [0.15, 0.2) is 57.9 Å². The van der Waals surface area contributed by atoms with Crippen LogP contribution in [0.25, 0.3) is 10.9 Å². The number of aromatic nitrogens is 1. The molecular weight excluding hydrogens is 351 g/mol. The Labute approximate surface area is 133 Å². The molecule has 3 aromatic rings. The summed E-state index contributed by atoms with van der Waals surface area (Å²) in [6.45, 7) is 0. The van der Waals surface area contributed by atoms with Crippen LogP contribution in [0.4, 0.5) is 10.1 Å². The van der Waals surface area contributed by atoms with E-state index in [1.54, 1.807) is 18.2 Å². The van der Waals surface area contributed by atoms with Crippen molar-refractivity contribution in [3.8, 4) is 0 Å². The number of fused-ring (bicyclic) bond motifs is 1. The largest absolute Gasteiger partial charge is 0.358 e. The molecule has 0 aliphatic rings.